The van der Waals surface area contributed by atoms with Crippen molar-refractivity contribution in [1.29, 1.82) is 0 Å². The Bertz CT molecular complexity index is 374. The Kier molecular flexibility index (Phi) is 4.76. The van der Waals surface area contributed by atoms with Crippen molar-refractivity contribution in [2.75, 3.05) is 19.8 Å². The van der Waals surface area contributed by atoms with Crippen molar-refractivity contribution in [2.45, 2.75) is 31.5 Å². The summed E-state index contributed by atoms with van der Waals surface area (Å²) in [5, 5.41) is 3.30. The minimum absolute atomic E-state index is 0.129. The van der Waals surface area contributed by atoms with Gasteiger partial charge in [0.05, 0.1) is 13.2 Å². The van der Waals surface area contributed by atoms with E-state index in [4.69, 9.17) is 4.74 Å². The van der Waals surface area contributed by atoms with Crippen LogP contribution in [0.15, 0.2) is 28.7 Å². The van der Waals surface area contributed by atoms with Gasteiger partial charge in [0.2, 0.25) is 0 Å². The van der Waals surface area contributed by atoms with Crippen molar-refractivity contribution in [3.63, 3.8) is 0 Å². The summed E-state index contributed by atoms with van der Waals surface area (Å²) in [5.74, 6) is 0. The molecule has 0 saturated carbocycles. The highest BCUT2D eigenvalue weighted by Gasteiger charge is 2.29. The SMILES string of the molecule is CC(F)(Cc1ccc(Br)cc1)CC1COCCN1. The number of morpholine rings is 1. The second-order valence-corrected chi connectivity index (χ2v) is 6.06. The van der Waals surface area contributed by atoms with Crippen molar-refractivity contribution in [2.24, 2.45) is 0 Å². The highest BCUT2D eigenvalue weighted by Crippen LogP contribution is 2.24. The summed E-state index contributed by atoms with van der Waals surface area (Å²) in [7, 11) is 0. The van der Waals surface area contributed by atoms with E-state index in [1.807, 2.05) is 24.3 Å². The third-order valence-electron chi connectivity index (χ3n) is 3.16. The van der Waals surface area contributed by atoms with Crippen LogP contribution in [0.5, 0.6) is 0 Å². The molecule has 1 fully saturated rings. The number of rotatable bonds is 4. The molecule has 1 aliphatic heterocycles. The van der Waals surface area contributed by atoms with Gasteiger partial charge in [0.1, 0.15) is 5.67 Å². The molecule has 0 aromatic heterocycles. The van der Waals surface area contributed by atoms with E-state index in [0.717, 1.165) is 23.2 Å². The van der Waals surface area contributed by atoms with E-state index in [9.17, 15) is 4.39 Å². The first kappa shape index (κ1) is 14.0. The summed E-state index contributed by atoms with van der Waals surface area (Å²) >= 11 is 3.38. The molecule has 1 N–H and O–H groups in total. The second-order valence-electron chi connectivity index (χ2n) is 5.15. The van der Waals surface area contributed by atoms with Crippen molar-refractivity contribution in [3.8, 4) is 0 Å². The molecule has 0 amide bonds. The third kappa shape index (κ3) is 4.34. The number of hydrogen-bond acceptors (Lipinski definition) is 2. The van der Waals surface area contributed by atoms with Gasteiger partial charge in [-0.05, 0) is 31.0 Å². The van der Waals surface area contributed by atoms with Crippen LogP contribution in [0.25, 0.3) is 0 Å². The lowest BCUT2D eigenvalue weighted by Crippen LogP contribution is -2.45. The first-order valence-corrected chi connectivity index (χ1v) is 7.09. The zero-order valence-corrected chi connectivity index (χ0v) is 12.2. The zero-order valence-electron chi connectivity index (χ0n) is 10.6. The van der Waals surface area contributed by atoms with Crippen molar-refractivity contribution >= 4 is 15.9 Å². The molecular weight excluding hydrogens is 297 g/mol. The predicted molar refractivity (Wildman–Crippen MR) is 74.6 cm³/mol. The molecule has 2 nitrogen and oxygen atoms in total. The summed E-state index contributed by atoms with van der Waals surface area (Å²) in [6.45, 7) is 3.83. The predicted octanol–water partition coefficient (Wildman–Crippen LogP) is 3.10. The van der Waals surface area contributed by atoms with Crippen LogP contribution in [0.2, 0.25) is 0 Å². The first-order valence-electron chi connectivity index (χ1n) is 6.30. The van der Waals surface area contributed by atoms with E-state index < -0.39 is 5.67 Å². The van der Waals surface area contributed by atoms with E-state index in [0.29, 0.717) is 19.4 Å². The van der Waals surface area contributed by atoms with Gasteiger partial charge < -0.3 is 10.1 Å². The van der Waals surface area contributed by atoms with Crippen molar-refractivity contribution in [3.05, 3.63) is 34.3 Å². The molecule has 2 atom stereocenters. The normalized spacial score (nSPS) is 23.6. The Hall–Kier alpha value is -0.450. The van der Waals surface area contributed by atoms with E-state index in [1.165, 1.54) is 0 Å². The molecule has 2 rings (SSSR count). The summed E-state index contributed by atoms with van der Waals surface area (Å²) in [4.78, 5) is 0. The smallest absolute Gasteiger partial charge is 0.113 e. The quantitative estimate of drug-likeness (QED) is 0.922. The molecule has 100 valence electrons. The molecule has 1 aromatic carbocycles. The monoisotopic (exact) mass is 315 g/mol. The maximum atomic E-state index is 14.6. The van der Waals surface area contributed by atoms with Gasteiger partial charge in [0.15, 0.2) is 0 Å². The number of hydrogen-bond donors (Lipinski definition) is 1. The largest absolute Gasteiger partial charge is 0.379 e. The highest BCUT2D eigenvalue weighted by atomic mass is 79.9. The molecule has 0 aliphatic carbocycles. The lowest BCUT2D eigenvalue weighted by atomic mass is 9.91. The second kappa shape index (κ2) is 6.13. The van der Waals surface area contributed by atoms with Gasteiger partial charge in [-0.1, -0.05) is 28.1 Å². The van der Waals surface area contributed by atoms with Gasteiger partial charge in [-0.25, -0.2) is 4.39 Å². The molecule has 4 heteroatoms. The maximum absolute atomic E-state index is 14.6. The Morgan fingerprint density at radius 2 is 2.17 bits per heavy atom. The molecule has 1 heterocycles. The van der Waals surface area contributed by atoms with Crippen LogP contribution >= 0.6 is 15.9 Å². The molecule has 0 bridgehead atoms. The van der Waals surface area contributed by atoms with Crippen LogP contribution < -0.4 is 5.32 Å². The van der Waals surface area contributed by atoms with Crippen molar-refractivity contribution in [1.82, 2.24) is 5.32 Å². The first-order chi connectivity index (χ1) is 8.55. The lowest BCUT2D eigenvalue weighted by molar-refractivity contribution is 0.0483. The molecule has 1 aliphatic rings. The average Bonchev–Trinajstić information content (AvgIpc) is 2.32. The molecule has 2 unspecified atom stereocenters. The fourth-order valence-electron chi connectivity index (χ4n) is 2.36. The molecule has 0 radical (unpaired) electrons. The topological polar surface area (TPSA) is 21.3 Å². The Labute approximate surface area is 116 Å². The number of ether oxygens (including phenoxy) is 1. The standard InChI is InChI=1S/C14H19BrFNO/c1-14(16,9-13-10-18-7-6-17-13)8-11-2-4-12(15)5-3-11/h2-5,13,17H,6-10H2,1H3. The summed E-state index contributed by atoms with van der Waals surface area (Å²) < 4.78 is 20.9. The van der Waals surface area contributed by atoms with Crippen molar-refractivity contribution < 1.29 is 9.13 Å². The number of alkyl halides is 1. The average molecular weight is 316 g/mol. The molecule has 1 saturated heterocycles. The summed E-state index contributed by atoms with van der Waals surface area (Å²) in [5.41, 5.74) is -0.174. The molecule has 0 spiro atoms. The van der Waals surface area contributed by atoms with Gasteiger partial charge in [-0.2, -0.15) is 0 Å². The van der Waals surface area contributed by atoms with Crippen LogP contribution in [-0.4, -0.2) is 31.5 Å². The fraction of sp³-hybridized carbons (Fsp3) is 0.571. The van der Waals surface area contributed by atoms with Crippen LogP contribution in [0.4, 0.5) is 4.39 Å². The number of benzene rings is 1. The Morgan fingerprint density at radius 1 is 1.44 bits per heavy atom. The minimum Gasteiger partial charge on any atom is -0.379 e. The maximum Gasteiger partial charge on any atom is 0.113 e. The fourth-order valence-corrected chi connectivity index (χ4v) is 2.63. The van der Waals surface area contributed by atoms with Gasteiger partial charge >= 0.3 is 0 Å². The zero-order chi connectivity index (χ0) is 13.0. The Balaban J connectivity index is 1.91. The third-order valence-corrected chi connectivity index (χ3v) is 3.69. The Morgan fingerprint density at radius 3 is 2.78 bits per heavy atom. The van der Waals surface area contributed by atoms with Crippen LogP contribution in [-0.2, 0) is 11.2 Å². The molecular formula is C14H19BrFNO. The summed E-state index contributed by atoms with van der Waals surface area (Å²) in [6.07, 6.45) is 0.932. The van der Waals surface area contributed by atoms with Gasteiger partial charge in [0.25, 0.3) is 0 Å². The summed E-state index contributed by atoms with van der Waals surface area (Å²) in [6, 6.07) is 7.96. The van der Waals surface area contributed by atoms with Gasteiger partial charge in [0, 0.05) is 23.5 Å². The lowest BCUT2D eigenvalue weighted by Gasteiger charge is -2.30. The van der Waals surface area contributed by atoms with Crippen LogP contribution in [0.1, 0.15) is 18.9 Å². The minimum atomic E-state index is -1.20. The van der Waals surface area contributed by atoms with Gasteiger partial charge in [-0.3, -0.25) is 0 Å². The molecule has 18 heavy (non-hydrogen) atoms. The number of nitrogens with one attached hydrogen (secondary N) is 1. The van der Waals surface area contributed by atoms with Crippen LogP contribution in [0, 0.1) is 0 Å². The van der Waals surface area contributed by atoms with E-state index in [-0.39, 0.29) is 6.04 Å². The van der Waals surface area contributed by atoms with E-state index in [2.05, 4.69) is 21.2 Å². The highest BCUT2D eigenvalue weighted by molar-refractivity contribution is 9.10. The molecule has 1 aromatic rings. The van der Waals surface area contributed by atoms with E-state index >= 15 is 0 Å². The van der Waals surface area contributed by atoms with Gasteiger partial charge in [-0.15, -0.1) is 0 Å². The van der Waals surface area contributed by atoms with Crippen LogP contribution in [0.3, 0.4) is 0 Å². The number of halogens is 2. The van der Waals surface area contributed by atoms with E-state index in [1.54, 1.807) is 6.92 Å².